The van der Waals surface area contributed by atoms with Crippen LogP contribution in [0.15, 0.2) is 42.7 Å². The largest absolute Gasteiger partial charge is 0.399 e. The summed E-state index contributed by atoms with van der Waals surface area (Å²) in [6, 6.07) is 9.40. The Labute approximate surface area is 119 Å². The van der Waals surface area contributed by atoms with Crippen LogP contribution in [0.5, 0.6) is 0 Å². The molecule has 0 saturated heterocycles. The number of fused-ring (bicyclic) bond motifs is 1. The summed E-state index contributed by atoms with van der Waals surface area (Å²) in [4.78, 5) is 8.30. The van der Waals surface area contributed by atoms with Gasteiger partial charge in [-0.1, -0.05) is 11.6 Å². The lowest BCUT2D eigenvalue weighted by molar-refractivity contribution is 0.628. The lowest BCUT2D eigenvalue weighted by Gasteiger charge is -2.10. The van der Waals surface area contributed by atoms with Crippen molar-refractivity contribution in [3.05, 3.63) is 53.6 Å². The van der Waals surface area contributed by atoms with Gasteiger partial charge in [-0.15, -0.1) is 0 Å². The standard InChI is InChI=1S/C14H10ClFN4/c15-11-4-1-8(16)5-13(11)20-14-10-3-2-9(17)6-12(10)18-7-19-14/h1-7H,17H2,(H,18,19,20). The molecule has 0 aliphatic rings. The fourth-order valence-electron chi connectivity index (χ4n) is 1.89. The lowest BCUT2D eigenvalue weighted by atomic mass is 10.2. The second-order valence-corrected chi connectivity index (χ2v) is 4.66. The summed E-state index contributed by atoms with van der Waals surface area (Å²) >= 11 is 6.03. The first-order valence-corrected chi connectivity index (χ1v) is 6.23. The number of nitrogens with one attached hydrogen (secondary N) is 1. The molecule has 100 valence electrons. The third kappa shape index (κ3) is 2.35. The summed E-state index contributed by atoms with van der Waals surface area (Å²) in [7, 11) is 0. The number of nitrogen functional groups attached to an aromatic ring is 1. The van der Waals surface area contributed by atoms with Crippen LogP contribution in [0.3, 0.4) is 0 Å². The van der Waals surface area contributed by atoms with Gasteiger partial charge >= 0.3 is 0 Å². The fraction of sp³-hybridized carbons (Fsp3) is 0. The van der Waals surface area contributed by atoms with Crippen molar-refractivity contribution in [2.45, 2.75) is 0 Å². The summed E-state index contributed by atoms with van der Waals surface area (Å²) in [5.74, 6) is 0.169. The summed E-state index contributed by atoms with van der Waals surface area (Å²) in [6.45, 7) is 0. The van der Waals surface area contributed by atoms with Crippen molar-refractivity contribution in [2.75, 3.05) is 11.1 Å². The molecular formula is C14H10ClFN4. The first-order valence-electron chi connectivity index (χ1n) is 5.86. The van der Waals surface area contributed by atoms with E-state index < -0.39 is 0 Å². The Hall–Kier alpha value is -2.40. The van der Waals surface area contributed by atoms with Crippen molar-refractivity contribution in [3.63, 3.8) is 0 Å². The van der Waals surface area contributed by atoms with Crippen LogP contribution in [-0.2, 0) is 0 Å². The van der Waals surface area contributed by atoms with E-state index in [4.69, 9.17) is 17.3 Å². The Balaban J connectivity index is 2.09. The third-order valence-electron chi connectivity index (χ3n) is 2.84. The molecule has 2 aromatic carbocycles. The molecule has 0 aliphatic carbocycles. The summed E-state index contributed by atoms with van der Waals surface area (Å²) in [6.07, 6.45) is 1.41. The zero-order chi connectivity index (χ0) is 14.1. The van der Waals surface area contributed by atoms with Gasteiger partial charge in [0, 0.05) is 11.1 Å². The van der Waals surface area contributed by atoms with Crippen LogP contribution in [0.2, 0.25) is 5.02 Å². The average molecular weight is 289 g/mol. The highest BCUT2D eigenvalue weighted by molar-refractivity contribution is 6.33. The average Bonchev–Trinajstić information content (AvgIpc) is 2.43. The summed E-state index contributed by atoms with van der Waals surface area (Å²) in [5, 5.41) is 4.20. The van der Waals surface area contributed by atoms with Crippen molar-refractivity contribution >= 4 is 39.7 Å². The molecule has 20 heavy (non-hydrogen) atoms. The Morgan fingerprint density at radius 3 is 2.80 bits per heavy atom. The number of hydrogen-bond donors (Lipinski definition) is 2. The van der Waals surface area contributed by atoms with Gasteiger partial charge in [0.05, 0.1) is 16.2 Å². The van der Waals surface area contributed by atoms with E-state index in [1.165, 1.54) is 24.5 Å². The Morgan fingerprint density at radius 1 is 1.10 bits per heavy atom. The molecular weight excluding hydrogens is 279 g/mol. The number of nitrogens with two attached hydrogens (primary N) is 1. The molecule has 6 heteroatoms. The smallest absolute Gasteiger partial charge is 0.141 e. The quantitative estimate of drug-likeness (QED) is 0.705. The highest BCUT2D eigenvalue weighted by Crippen LogP contribution is 2.29. The zero-order valence-corrected chi connectivity index (χ0v) is 11.0. The number of benzene rings is 2. The predicted molar refractivity (Wildman–Crippen MR) is 78.6 cm³/mol. The number of halogens is 2. The number of rotatable bonds is 2. The van der Waals surface area contributed by atoms with Crippen LogP contribution in [0.1, 0.15) is 0 Å². The van der Waals surface area contributed by atoms with Gasteiger partial charge in [-0.2, -0.15) is 0 Å². The molecule has 1 heterocycles. The number of hydrogen-bond acceptors (Lipinski definition) is 4. The highest BCUT2D eigenvalue weighted by atomic mass is 35.5. The zero-order valence-electron chi connectivity index (χ0n) is 10.3. The van der Waals surface area contributed by atoms with Crippen LogP contribution in [-0.4, -0.2) is 9.97 Å². The SMILES string of the molecule is Nc1ccc2c(Nc3cc(F)ccc3Cl)ncnc2c1. The molecule has 3 aromatic rings. The normalized spacial score (nSPS) is 10.7. The van der Waals surface area contributed by atoms with E-state index in [0.717, 1.165) is 5.39 Å². The van der Waals surface area contributed by atoms with E-state index in [-0.39, 0.29) is 5.82 Å². The minimum Gasteiger partial charge on any atom is -0.399 e. The Bertz CT molecular complexity index is 791. The summed E-state index contributed by atoms with van der Waals surface area (Å²) in [5.41, 5.74) is 7.49. The van der Waals surface area contributed by atoms with Gasteiger partial charge in [-0.05, 0) is 36.4 Å². The van der Waals surface area contributed by atoms with Gasteiger partial charge in [-0.3, -0.25) is 0 Å². The molecule has 0 unspecified atom stereocenters. The van der Waals surface area contributed by atoms with Crippen molar-refractivity contribution < 1.29 is 4.39 Å². The maximum absolute atomic E-state index is 13.3. The monoisotopic (exact) mass is 288 g/mol. The molecule has 0 radical (unpaired) electrons. The fourth-order valence-corrected chi connectivity index (χ4v) is 2.06. The number of anilines is 3. The molecule has 0 spiro atoms. The predicted octanol–water partition coefficient (Wildman–Crippen LogP) is 3.75. The maximum Gasteiger partial charge on any atom is 0.141 e. The van der Waals surface area contributed by atoms with Crippen LogP contribution in [0.4, 0.5) is 21.6 Å². The lowest BCUT2D eigenvalue weighted by Crippen LogP contribution is -1.97. The van der Waals surface area contributed by atoms with Gasteiger partial charge in [0.25, 0.3) is 0 Å². The first-order chi connectivity index (χ1) is 9.63. The molecule has 0 bridgehead atoms. The van der Waals surface area contributed by atoms with Crippen LogP contribution in [0.25, 0.3) is 10.9 Å². The molecule has 0 fully saturated rings. The summed E-state index contributed by atoms with van der Waals surface area (Å²) < 4.78 is 13.3. The van der Waals surface area contributed by atoms with E-state index in [1.54, 1.807) is 18.2 Å². The molecule has 3 rings (SSSR count). The van der Waals surface area contributed by atoms with Crippen molar-refractivity contribution in [1.29, 1.82) is 0 Å². The minimum atomic E-state index is -0.375. The molecule has 0 saturated carbocycles. The first kappa shape index (κ1) is 12.6. The highest BCUT2D eigenvalue weighted by Gasteiger charge is 2.07. The molecule has 4 nitrogen and oxygen atoms in total. The number of aromatic nitrogens is 2. The van der Waals surface area contributed by atoms with Crippen molar-refractivity contribution in [2.24, 2.45) is 0 Å². The van der Waals surface area contributed by atoms with E-state index in [1.807, 2.05) is 0 Å². The minimum absolute atomic E-state index is 0.375. The van der Waals surface area contributed by atoms with Crippen molar-refractivity contribution in [1.82, 2.24) is 9.97 Å². The van der Waals surface area contributed by atoms with E-state index >= 15 is 0 Å². The molecule has 3 N–H and O–H groups in total. The van der Waals surface area contributed by atoms with Gasteiger partial charge in [0.2, 0.25) is 0 Å². The molecule has 0 amide bonds. The second-order valence-electron chi connectivity index (χ2n) is 4.25. The van der Waals surface area contributed by atoms with Crippen LogP contribution < -0.4 is 11.1 Å². The number of nitrogens with zero attached hydrogens (tertiary/aromatic N) is 2. The van der Waals surface area contributed by atoms with E-state index in [9.17, 15) is 4.39 Å². The Morgan fingerprint density at radius 2 is 1.95 bits per heavy atom. The van der Waals surface area contributed by atoms with E-state index in [2.05, 4.69) is 15.3 Å². The molecule has 0 atom stereocenters. The third-order valence-corrected chi connectivity index (χ3v) is 3.17. The second kappa shape index (κ2) is 4.94. The molecule has 0 aliphatic heterocycles. The van der Waals surface area contributed by atoms with Gasteiger partial charge in [-0.25, -0.2) is 14.4 Å². The maximum atomic E-state index is 13.3. The van der Waals surface area contributed by atoms with Crippen LogP contribution in [0, 0.1) is 5.82 Å². The van der Waals surface area contributed by atoms with Gasteiger partial charge in [0.1, 0.15) is 18.0 Å². The van der Waals surface area contributed by atoms with Crippen LogP contribution >= 0.6 is 11.6 Å². The topological polar surface area (TPSA) is 63.8 Å². The Kier molecular flexibility index (Phi) is 3.12. The van der Waals surface area contributed by atoms with Gasteiger partial charge < -0.3 is 11.1 Å². The van der Waals surface area contributed by atoms with Gasteiger partial charge in [0.15, 0.2) is 0 Å². The molecule has 1 aromatic heterocycles. The van der Waals surface area contributed by atoms with Crippen molar-refractivity contribution in [3.8, 4) is 0 Å². The van der Waals surface area contributed by atoms with E-state index in [0.29, 0.717) is 27.7 Å².